The number of fused-ring (bicyclic) bond motifs is 2. The number of hydrazone groups is 2. The molecule has 0 bridgehead atoms. The molecule has 0 saturated heterocycles. The van der Waals surface area contributed by atoms with E-state index in [9.17, 15) is 9.59 Å². The molecule has 0 saturated carbocycles. The number of hydrogen-bond donors (Lipinski definition) is 2. The van der Waals surface area contributed by atoms with E-state index >= 15 is 0 Å². The molecule has 0 fully saturated rings. The Balaban J connectivity index is 0.958. The number of carbonyl (C=O) groups is 2. The summed E-state index contributed by atoms with van der Waals surface area (Å²) in [5.41, 5.74) is 11.1. The Morgan fingerprint density at radius 1 is 0.560 bits per heavy atom. The summed E-state index contributed by atoms with van der Waals surface area (Å²) >= 11 is 0. The largest absolute Gasteiger partial charge is 0.290 e. The van der Waals surface area contributed by atoms with Crippen LogP contribution in [0.3, 0.4) is 0 Å². The Bertz CT molecular complexity index is 2210. The molecule has 0 aliphatic rings. The maximum Gasteiger partial charge on any atom is 0.290 e. The van der Waals surface area contributed by atoms with Gasteiger partial charge in [-0.05, 0) is 47.5 Å². The van der Waals surface area contributed by atoms with E-state index < -0.39 is 11.8 Å². The number of nitrogens with one attached hydrogen (secondary N) is 2. The Morgan fingerprint density at radius 3 is 1.48 bits per heavy atom. The van der Waals surface area contributed by atoms with Gasteiger partial charge in [-0.25, -0.2) is 20.8 Å². The van der Waals surface area contributed by atoms with Crippen molar-refractivity contribution >= 4 is 46.0 Å². The molecule has 0 aliphatic carbocycles. The van der Waals surface area contributed by atoms with Gasteiger partial charge in [0, 0.05) is 52.2 Å². The molecule has 0 radical (unpaired) electrons. The van der Waals surface area contributed by atoms with Gasteiger partial charge in [0.25, 0.3) is 11.8 Å². The van der Waals surface area contributed by atoms with Crippen LogP contribution in [-0.4, -0.2) is 34.2 Å². The van der Waals surface area contributed by atoms with Crippen molar-refractivity contribution in [2.75, 3.05) is 0 Å². The summed E-state index contributed by atoms with van der Waals surface area (Å²) in [5.74, 6) is -1.16. The highest BCUT2D eigenvalue weighted by molar-refractivity contribution is 5.98. The second-order valence-corrected chi connectivity index (χ2v) is 11.6. The quantitative estimate of drug-likeness (QED) is 0.123. The minimum Gasteiger partial charge on any atom is -0.266 e. The molecule has 4 aromatic carbocycles. The van der Waals surface area contributed by atoms with E-state index in [0.29, 0.717) is 0 Å². The lowest BCUT2D eigenvalue weighted by molar-refractivity contribution is -0.662. The number of amides is 2. The fourth-order valence-electron chi connectivity index (χ4n) is 5.65. The van der Waals surface area contributed by atoms with Gasteiger partial charge in [0.2, 0.25) is 11.0 Å². The Kier molecular flexibility index (Phi) is 9.41. The third kappa shape index (κ3) is 7.61. The topological polar surface area (TPSA) is 116 Å². The predicted octanol–water partition coefficient (Wildman–Crippen LogP) is 4.98. The third-order valence-electron chi connectivity index (χ3n) is 8.09. The fourth-order valence-corrected chi connectivity index (χ4v) is 5.65. The van der Waals surface area contributed by atoms with Crippen molar-refractivity contribution in [1.82, 2.24) is 20.8 Å². The molecule has 0 spiro atoms. The number of rotatable bonds is 10. The summed E-state index contributed by atoms with van der Waals surface area (Å²) in [6.07, 6.45) is 8.38. The summed E-state index contributed by atoms with van der Waals surface area (Å²) in [5, 5.41) is 10.3. The van der Waals surface area contributed by atoms with Crippen LogP contribution >= 0.6 is 0 Å². The van der Waals surface area contributed by atoms with Crippen molar-refractivity contribution in [3.63, 3.8) is 0 Å². The molecule has 10 heteroatoms. The number of carbonyl (C=O) groups excluding carboxylic acids is 2. The standard InChI is InChI=1S/C40H30N8O2/c49-39(45-43-24-31-15-17-37-33(21-31)13-7-19-47(37)26-29-9-3-1-4-10-29)35-23-36(42-28-41-35)40(50)46-44-25-32-16-18-38-34(22-32)14-8-20-48(38)27-30-11-5-2-6-12-30/h1-25,28H,26-27H2/p+2/b43-24+,44-25+. The molecule has 2 amide bonds. The fraction of sp³-hybridized carbons (Fsp3) is 0.0500. The van der Waals surface area contributed by atoms with Crippen molar-refractivity contribution in [3.05, 3.63) is 180 Å². The number of pyridine rings is 2. The van der Waals surface area contributed by atoms with Crippen LogP contribution in [0.5, 0.6) is 0 Å². The summed E-state index contributed by atoms with van der Waals surface area (Å²) < 4.78 is 4.37. The van der Waals surface area contributed by atoms with Gasteiger partial charge in [0.1, 0.15) is 17.7 Å². The van der Waals surface area contributed by atoms with Gasteiger partial charge in [-0.1, -0.05) is 60.7 Å². The zero-order valence-corrected chi connectivity index (χ0v) is 26.9. The Morgan fingerprint density at radius 2 is 1.02 bits per heavy atom. The molecule has 0 aliphatic heterocycles. The zero-order valence-electron chi connectivity index (χ0n) is 26.9. The van der Waals surface area contributed by atoms with E-state index in [2.05, 4.69) is 76.8 Å². The van der Waals surface area contributed by atoms with E-state index in [0.717, 1.165) is 52.3 Å². The van der Waals surface area contributed by atoms with E-state index in [1.165, 1.54) is 17.2 Å². The first-order valence-corrected chi connectivity index (χ1v) is 16.0. The molecular formula is C40H32N8O2+2. The molecular weight excluding hydrogens is 624 g/mol. The van der Waals surface area contributed by atoms with Crippen molar-refractivity contribution in [1.29, 1.82) is 0 Å². The van der Waals surface area contributed by atoms with E-state index in [-0.39, 0.29) is 11.4 Å². The van der Waals surface area contributed by atoms with Crippen LogP contribution in [0.2, 0.25) is 0 Å². The molecule has 0 unspecified atom stereocenters. The van der Waals surface area contributed by atoms with Gasteiger partial charge in [-0.2, -0.15) is 19.3 Å². The van der Waals surface area contributed by atoms with Crippen LogP contribution in [0.1, 0.15) is 43.2 Å². The van der Waals surface area contributed by atoms with E-state index in [1.807, 2.05) is 97.1 Å². The second-order valence-electron chi connectivity index (χ2n) is 11.6. The first-order valence-electron chi connectivity index (χ1n) is 16.0. The molecule has 50 heavy (non-hydrogen) atoms. The number of aromatic nitrogens is 4. The SMILES string of the molecule is O=C(N/N=C/c1ccc2c(ccc[n+]2Cc2ccccc2)c1)c1cc(C(=O)N/N=C/c2ccc3c(ccc[n+]3Cc3ccccc3)c2)ncn1. The van der Waals surface area contributed by atoms with Crippen LogP contribution in [0.25, 0.3) is 21.8 Å². The lowest BCUT2D eigenvalue weighted by Crippen LogP contribution is -2.34. The van der Waals surface area contributed by atoms with Gasteiger partial charge >= 0.3 is 0 Å². The highest BCUT2D eigenvalue weighted by Crippen LogP contribution is 2.14. The molecule has 7 aromatic rings. The number of nitrogens with zero attached hydrogens (tertiary/aromatic N) is 6. The Hall–Kier alpha value is -6.94. The van der Waals surface area contributed by atoms with Crippen molar-refractivity contribution in [3.8, 4) is 0 Å². The summed E-state index contributed by atoms with van der Waals surface area (Å²) in [4.78, 5) is 33.6. The molecule has 3 heterocycles. The lowest BCUT2D eigenvalue weighted by Gasteiger charge is -2.04. The third-order valence-corrected chi connectivity index (χ3v) is 8.09. The highest BCUT2D eigenvalue weighted by Gasteiger charge is 2.14. The molecule has 3 aromatic heterocycles. The summed E-state index contributed by atoms with van der Waals surface area (Å²) in [6, 6.07) is 41.9. The lowest BCUT2D eigenvalue weighted by atomic mass is 10.1. The first kappa shape index (κ1) is 31.6. The smallest absolute Gasteiger partial charge is 0.266 e. The maximum atomic E-state index is 12.8. The number of benzene rings is 4. The van der Waals surface area contributed by atoms with Crippen molar-refractivity contribution in [2.45, 2.75) is 13.1 Å². The highest BCUT2D eigenvalue weighted by atomic mass is 16.2. The molecule has 242 valence electrons. The Labute approximate surface area is 288 Å². The van der Waals surface area contributed by atoms with E-state index in [4.69, 9.17) is 0 Å². The van der Waals surface area contributed by atoms with Crippen molar-refractivity contribution < 1.29 is 18.7 Å². The minimum absolute atomic E-state index is 0.00918. The van der Waals surface area contributed by atoms with Crippen LogP contribution in [0.4, 0.5) is 0 Å². The minimum atomic E-state index is -0.580. The normalized spacial score (nSPS) is 11.4. The molecule has 10 nitrogen and oxygen atoms in total. The summed E-state index contributed by atoms with van der Waals surface area (Å²) in [7, 11) is 0. The summed E-state index contributed by atoms with van der Waals surface area (Å²) in [6.45, 7) is 1.51. The molecule has 2 N–H and O–H groups in total. The molecule has 0 atom stereocenters. The zero-order chi connectivity index (χ0) is 34.1. The number of hydrogen-bond acceptors (Lipinski definition) is 6. The second kappa shape index (κ2) is 14.9. The van der Waals surface area contributed by atoms with Crippen LogP contribution in [-0.2, 0) is 13.1 Å². The van der Waals surface area contributed by atoms with E-state index in [1.54, 1.807) is 12.4 Å². The van der Waals surface area contributed by atoms with Gasteiger partial charge in [-0.15, -0.1) is 0 Å². The van der Waals surface area contributed by atoms with Crippen molar-refractivity contribution in [2.24, 2.45) is 10.2 Å². The first-order chi connectivity index (χ1) is 24.6. The maximum absolute atomic E-state index is 12.8. The van der Waals surface area contributed by atoms with Crippen LogP contribution in [0, 0.1) is 0 Å². The monoisotopic (exact) mass is 656 g/mol. The van der Waals surface area contributed by atoms with Crippen LogP contribution in [0.15, 0.2) is 156 Å². The van der Waals surface area contributed by atoms with Gasteiger partial charge in [0.05, 0.1) is 12.4 Å². The van der Waals surface area contributed by atoms with Gasteiger partial charge in [0.15, 0.2) is 25.5 Å². The molecule has 7 rings (SSSR count). The average molecular weight is 657 g/mol. The average Bonchev–Trinajstić information content (AvgIpc) is 3.16. The van der Waals surface area contributed by atoms with Crippen LogP contribution < -0.4 is 20.0 Å². The predicted molar refractivity (Wildman–Crippen MR) is 192 cm³/mol. The van der Waals surface area contributed by atoms with Gasteiger partial charge in [-0.3, -0.25) is 9.59 Å². The van der Waals surface area contributed by atoms with Gasteiger partial charge < -0.3 is 0 Å².